The van der Waals surface area contributed by atoms with E-state index in [2.05, 4.69) is 10.3 Å². The number of carboxylic acids is 1. The number of hydrogen-bond acceptors (Lipinski definition) is 4. The van der Waals surface area contributed by atoms with Crippen molar-refractivity contribution < 1.29 is 14.6 Å². The van der Waals surface area contributed by atoms with Gasteiger partial charge in [-0.2, -0.15) is 0 Å². The van der Waals surface area contributed by atoms with Crippen LogP contribution in [-0.2, 0) is 4.74 Å². The number of carboxylic acid groups (broad SMARTS) is 1. The standard InChI is InChI=1S/C14H15N3O3/c1-9-5-2-3-6-10(9)17-13(11-7-4-8-20-11)12(14(18)19)15-16-17/h2-3,5-6,11H,4,7-8H2,1H3,(H,18,19). The molecule has 1 N–H and O–H groups in total. The molecule has 6 nitrogen and oxygen atoms in total. The average molecular weight is 273 g/mol. The minimum absolute atomic E-state index is 0.0276. The molecule has 2 aromatic rings. The second-order valence-electron chi connectivity index (χ2n) is 4.83. The first-order valence-corrected chi connectivity index (χ1v) is 6.55. The number of nitrogens with zero attached hydrogens (tertiary/aromatic N) is 3. The molecule has 104 valence electrons. The summed E-state index contributed by atoms with van der Waals surface area (Å²) >= 11 is 0. The molecule has 0 radical (unpaired) electrons. The maximum Gasteiger partial charge on any atom is 0.358 e. The zero-order valence-corrected chi connectivity index (χ0v) is 11.1. The van der Waals surface area contributed by atoms with Gasteiger partial charge in [0.25, 0.3) is 0 Å². The van der Waals surface area contributed by atoms with E-state index in [9.17, 15) is 9.90 Å². The fraction of sp³-hybridized carbons (Fsp3) is 0.357. The van der Waals surface area contributed by atoms with Crippen molar-refractivity contribution in [2.45, 2.75) is 25.9 Å². The molecule has 0 spiro atoms. The van der Waals surface area contributed by atoms with Gasteiger partial charge in [-0.3, -0.25) is 0 Å². The summed E-state index contributed by atoms with van der Waals surface area (Å²) in [6.45, 7) is 2.60. The van der Waals surface area contributed by atoms with Crippen LogP contribution >= 0.6 is 0 Å². The molecule has 2 heterocycles. The van der Waals surface area contributed by atoms with Gasteiger partial charge in [0.2, 0.25) is 0 Å². The largest absolute Gasteiger partial charge is 0.476 e. The lowest BCUT2D eigenvalue weighted by Gasteiger charge is -2.14. The highest BCUT2D eigenvalue weighted by Gasteiger charge is 2.30. The van der Waals surface area contributed by atoms with Gasteiger partial charge in [0.1, 0.15) is 11.8 Å². The molecule has 20 heavy (non-hydrogen) atoms. The van der Waals surface area contributed by atoms with E-state index < -0.39 is 5.97 Å². The molecule has 1 aliphatic heterocycles. The highest BCUT2D eigenvalue weighted by atomic mass is 16.5. The fourth-order valence-corrected chi connectivity index (χ4v) is 2.50. The highest BCUT2D eigenvalue weighted by molar-refractivity contribution is 5.86. The SMILES string of the molecule is Cc1ccccc1-n1nnc(C(=O)O)c1C1CCCO1. The monoisotopic (exact) mass is 273 g/mol. The van der Waals surface area contributed by atoms with E-state index in [0.717, 1.165) is 24.1 Å². The van der Waals surface area contributed by atoms with Crippen LogP contribution in [0.4, 0.5) is 0 Å². The number of para-hydroxylation sites is 1. The number of aromatic nitrogens is 3. The molecule has 0 saturated carbocycles. The number of carbonyl (C=O) groups is 1. The molecular weight excluding hydrogens is 258 g/mol. The zero-order valence-electron chi connectivity index (χ0n) is 11.1. The molecule has 3 rings (SSSR count). The summed E-state index contributed by atoms with van der Waals surface area (Å²) in [4.78, 5) is 11.3. The maximum absolute atomic E-state index is 11.3. The van der Waals surface area contributed by atoms with E-state index in [-0.39, 0.29) is 11.8 Å². The average Bonchev–Trinajstić information content (AvgIpc) is 3.07. The number of ether oxygens (including phenoxy) is 1. The van der Waals surface area contributed by atoms with Crippen LogP contribution in [-0.4, -0.2) is 32.7 Å². The van der Waals surface area contributed by atoms with Crippen molar-refractivity contribution in [1.82, 2.24) is 15.0 Å². The number of rotatable bonds is 3. The zero-order chi connectivity index (χ0) is 14.1. The molecule has 1 atom stereocenters. The number of aromatic carboxylic acids is 1. The Morgan fingerprint density at radius 2 is 2.25 bits per heavy atom. The highest BCUT2D eigenvalue weighted by Crippen LogP contribution is 2.32. The smallest absolute Gasteiger partial charge is 0.358 e. The predicted molar refractivity (Wildman–Crippen MR) is 71.0 cm³/mol. The number of benzene rings is 1. The Hall–Kier alpha value is -2.21. The Morgan fingerprint density at radius 3 is 2.90 bits per heavy atom. The van der Waals surface area contributed by atoms with Crippen molar-refractivity contribution in [1.29, 1.82) is 0 Å². The summed E-state index contributed by atoms with van der Waals surface area (Å²) in [5, 5.41) is 17.1. The fourth-order valence-electron chi connectivity index (χ4n) is 2.50. The Bertz CT molecular complexity index is 645. The van der Waals surface area contributed by atoms with E-state index in [1.165, 1.54) is 0 Å². The van der Waals surface area contributed by atoms with Crippen molar-refractivity contribution in [3.8, 4) is 5.69 Å². The van der Waals surface area contributed by atoms with Gasteiger partial charge in [-0.1, -0.05) is 23.4 Å². The van der Waals surface area contributed by atoms with Crippen LogP contribution in [0.1, 0.15) is 40.7 Å². The maximum atomic E-state index is 11.3. The third kappa shape index (κ3) is 2.08. The number of hydrogen-bond donors (Lipinski definition) is 1. The van der Waals surface area contributed by atoms with Crippen molar-refractivity contribution in [2.24, 2.45) is 0 Å². The molecule has 1 aromatic heterocycles. The molecule has 0 amide bonds. The minimum atomic E-state index is -1.07. The van der Waals surface area contributed by atoms with E-state index in [1.807, 2.05) is 31.2 Å². The molecule has 0 bridgehead atoms. The third-order valence-electron chi connectivity index (χ3n) is 3.49. The second-order valence-corrected chi connectivity index (χ2v) is 4.83. The van der Waals surface area contributed by atoms with Crippen LogP contribution in [0.15, 0.2) is 24.3 Å². The van der Waals surface area contributed by atoms with Gasteiger partial charge in [-0.25, -0.2) is 9.48 Å². The van der Waals surface area contributed by atoms with Crippen LogP contribution in [0.5, 0.6) is 0 Å². The van der Waals surface area contributed by atoms with Crippen molar-refractivity contribution in [3.63, 3.8) is 0 Å². The summed E-state index contributed by atoms with van der Waals surface area (Å²) < 4.78 is 7.22. The third-order valence-corrected chi connectivity index (χ3v) is 3.49. The summed E-state index contributed by atoms with van der Waals surface area (Å²) in [5.74, 6) is -1.07. The lowest BCUT2D eigenvalue weighted by molar-refractivity contribution is 0.0673. The van der Waals surface area contributed by atoms with Gasteiger partial charge in [0.15, 0.2) is 5.69 Å². The first-order chi connectivity index (χ1) is 9.68. The van der Waals surface area contributed by atoms with E-state index in [1.54, 1.807) is 4.68 Å². The Labute approximate surface area is 116 Å². The van der Waals surface area contributed by atoms with Gasteiger partial charge in [-0.05, 0) is 31.4 Å². The van der Waals surface area contributed by atoms with Gasteiger partial charge in [0, 0.05) is 6.61 Å². The van der Waals surface area contributed by atoms with E-state index >= 15 is 0 Å². The van der Waals surface area contributed by atoms with Crippen LogP contribution in [0.3, 0.4) is 0 Å². The summed E-state index contributed by atoms with van der Waals surface area (Å²) in [5.41, 5.74) is 2.34. The van der Waals surface area contributed by atoms with Gasteiger partial charge in [-0.15, -0.1) is 5.10 Å². The van der Waals surface area contributed by atoms with Crippen LogP contribution in [0.25, 0.3) is 5.69 Å². The minimum Gasteiger partial charge on any atom is -0.476 e. The lowest BCUT2D eigenvalue weighted by atomic mass is 10.1. The molecule has 1 fully saturated rings. The quantitative estimate of drug-likeness (QED) is 0.926. The summed E-state index contributed by atoms with van der Waals surface area (Å²) in [7, 11) is 0. The van der Waals surface area contributed by atoms with E-state index in [4.69, 9.17) is 4.74 Å². The Kier molecular flexibility index (Phi) is 3.23. The first kappa shape index (κ1) is 12.8. The lowest BCUT2D eigenvalue weighted by Crippen LogP contribution is -2.12. The Balaban J connectivity index is 2.16. The molecule has 0 aliphatic carbocycles. The summed E-state index contributed by atoms with van der Waals surface area (Å²) in [6.07, 6.45) is 1.46. The first-order valence-electron chi connectivity index (χ1n) is 6.55. The second kappa shape index (κ2) is 5.05. The van der Waals surface area contributed by atoms with E-state index in [0.29, 0.717) is 12.3 Å². The molecule has 6 heteroatoms. The van der Waals surface area contributed by atoms with Crippen LogP contribution in [0, 0.1) is 6.92 Å². The van der Waals surface area contributed by atoms with Crippen LogP contribution in [0.2, 0.25) is 0 Å². The molecule has 1 aliphatic rings. The Morgan fingerprint density at radius 1 is 1.45 bits per heavy atom. The predicted octanol–water partition coefficient (Wildman–Crippen LogP) is 2.13. The molecule has 1 aromatic carbocycles. The molecular formula is C14H15N3O3. The van der Waals surface area contributed by atoms with Crippen molar-refractivity contribution in [3.05, 3.63) is 41.2 Å². The van der Waals surface area contributed by atoms with Gasteiger partial charge >= 0.3 is 5.97 Å². The normalized spacial score (nSPS) is 18.4. The van der Waals surface area contributed by atoms with Crippen molar-refractivity contribution in [2.75, 3.05) is 6.61 Å². The summed E-state index contributed by atoms with van der Waals surface area (Å²) in [6, 6.07) is 7.67. The number of aryl methyl sites for hydroxylation is 1. The molecule has 1 saturated heterocycles. The van der Waals surface area contributed by atoms with Crippen molar-refractivity contribution >= 4 is 5.97 Å². The topological polar surface area (TPSA) is 77.2 Å². The molecule has 1 unspecified atom stereocenters. The van der Waals surface area contributed by atoms with Gasteiger partial charge < -0.3 is 9.84 Å². The van der Waals surface area contributed by atoms with Gasteiger partial charge in [0.05, 0.1) is 5.69 Å². The van der Waals surface area contributed by atoms with Crippen LogP contribution < -0.4 is 0 Å².